The van der Waals surface area contributed by atoms with Gasteiger partial charge in [-0.25, -0.2) is 0 Å². The lowest BCUT2D eigenvalue weighted by Gasteiger charge is -2.20. The van der Waals surface area contributed by atoms with Crippen molar-refractivity contribution in [3.63, 3.8) is 0 Å². The van der Waals surface area contributed by atoms with E-state index in [2.05, 4.69) is 0 Å². The van der Waals surface area contributed by atoms with Gasteiger partial charge in [0, 0.05) is 11.9 Å². The third kappa shape index (κ3) is 3.11. The summed E-state index contributed by atoms with van der Waals surface area (Å²) in [5, 5.41) is 4.34. The highest BCUT2D eigenvalue weighted by Gasteiger charge is 2.38. The molecular weight excluding hydrogens is 370 g/mol. The number of benzene rings is 1. The van der Waals surface area contributed by atoms with E-state index < -0.39 is 0 Å². The molecule has 0 fully saturated rings. The first-order valence-electron chi connectivity index (χ1n) is 8.11. The number of rotatable bonds is 4. The molecule has 0 spiro atoms. The monoisotopic (exact) mass is 387 g/mol. The standard InChI is InChI=1S/C19H17NO2S3/c1-20-12-6-2-3-7-13(12)25-19(20)16(17(21)14-8-4-10-23-14)18(22)15-9-5-11-24-15/h2-7,10-11,14-15H,8-9H2,1H3. The number of anilines is 1. The number of para-hydroxylation sites is 1. The van der Waals surface area contributed by atoms with Gasteiger partial charge in [-0.15, -0.1) is 23.5 Å². The fraction of sp³-hybridized carbons (Fsp3) is 0.263. The minimum Gasteiger partial charge on any atom is -0.337 e. The number of carbonyl (C=O) groups is 2. The van der Waals surface area contributed by atoms with Crippen molar-refractivity contribution >= 4 is 52.5 Å². The van der Waals surface area contributed by atoms with Gasteiger partial charge in [0.15, 0.2) is 11.6 Å². The lowest BCUT2D eigenvalue weighted by Crippen LogP contribution is -2.30. The predicted molar refractivity (Wildman–Crippen MR) is 108 cm³/mol. The van der Waals surface area contributed by atoms with Crippen LogP contribution in [0.2, 0.25) is 0 Å². The van der Waals surface area contributed by atoms with Crippen molar-refractivity contribution in [2.24, 2.45) is 0 Å². The molecule has 128 valence electrons. The predicted octanol–water partition coefficient (Wildman–Crippen LogP) is 4.62. The summed E-state index contributed by atoms with van der Waals surface area (Å²) in [6.07, 6.45) is 5.41. The smallest absolute Gasteiger partial charge is 0.182 e. The first-order chi connectivity index (χ1) is 12.2. The average Bonchev–Trinajstić information content (AvgIpc) is 3.37. The second kappa shape index (κ2) is 7.09. The number of fused-ring (bicyclic) bond motifs is 1. The van der Waals surface area contributed by atoms with Gasteiger partial charge in [0.25, 0.3) is 0 Å². The third-order valence-corrected chi connectivity index (χ3v) is 7.81. The van der Waals surface area contributed by atoms with Crippen LogP contribution in [0.1, 0.15) is 12.8 Å². The Kier molecular flexibility index (Phi) is 4.84. The van der Waals surface area contributed by atoms with Crippen LogP contribution in [0.25, 0.3) is 0 Å². The molecule has 3 nitrogen and oxygen atoms in total. The molecule has 6 heteroatoms. The largest absolute Gasteiger partial charge is 0.337 e. The van der Waals surface area contributed by atoms with Crippen LogP contribution >= 0.6 is 35.3 Å². The molecule has 3 aliphatic rings. The van der Waals surface area contributed by atoms with Crippen molar-refractivity contribution in [2.45, 2.75) is 28.2 Å². The van der Waals surface area contributed by atoms with Gasteiger partial charge in [-0.05, 0) is 35.8 Å². The summed E-state index contributed by atoms with van der Waals surface area (Å²) in [7, 11) is 1.94. The molecule has 0 saturated heterocycles. The molecule has 1 aromatic carbocycles. The zero-order valence-corrected chi connectivity index (χ0v) is 16.1. The van der Waals surface area contributed by atoms with Crippen molar-refractivity contribution in [3.05, 3.63) is 57.8 Å². The number of ketones is 2. The zero-order chi connectivity index (χ0) is 17.4. The maximum absolute atomic E-state index is 13.2. The molecule has 1 aromatic rings. The van der Waals surface area contributed by atoms with E-state index in [-0.39, 0.29) is 22.1 Å². The highest BCUT2D eigenvalue weighted by Crippen LogP contribution is 2.47. The Hall–Kier alpha value is -1.37. The number of nitrogens with zero attached hydrogens (tertiary/aromatic N) is 1. The van der Waals surface area contributed by atoms with E-state index in [9.17, 15) is 9.59 Å². The number of hydrogen-bond acceptors (Lipinski definition) is 6. The number of thioether (sulfide) groups is 3. The number of Topliss-reactive ketones (excluding diaryl/α,β-unsaturated/α-hetero) is 2. The maximum Gasteiger partial charge on any atom is 0.182 e. The maximum atomic E-state index is 13.2. The van der Waals surface area contributed by atoms with Gasteiger partial charge in [0.05, 0.1) is 26.8 Å². The van der Waals surface area contributed by atoms with E-state index in [1.165, 1.54) is 35.3 Å². The van der Waals surface area contributed by atoms with E-state index in [0.29, 0.717) is 18.4 Å². The second-order valence-corrected chi connectivity index (χ2v) is 9.26. The second-order valence-electron chi connectivity index (χ2n) is 6.00. The molecule has 0 amide bonds. The topological polar surface area (TPSA) is 37.4 Å². The number of carbonyl (C=O) groups excluding carboxylic acids is 2. The molecule has 0 aromatic heterocycles. The Labute approximate surface area is 160 Å². The van der Waals surface area contributed by atoms with Gasteiger partial charge in [0.2, 0.25) is 0 Å². The summed E-state index contributed by atoms with van der Waals surface area (Å²) in [5.74, 6) is -0.0655. The Morgan fingerprint density at radius 1 is 1.00 bits per heavy atom. The van der Waals surface area contributed by atoms with Gasteiger partial charge in [0.1, 0.15) is 0 Å². The van der Waals surface area contributed by atoms with E-state index in [1.807, 2.05) is 59.2 Å². The molecular formula is C19H17NO2S3. The minimum atomic E-state index is -0.177. The molecule has 2 atom stereocenters. The minimum absolute atomic E-state index is 0.0327. The van der Waals surface area contributed by atoms with Gasteiger partial charge in [-0.3, -0.25) is 9.59 Å². The van der Waals surface area contributed by atoms with Gasteiger partial charge in [-0.1, -0.05) is 36.0 Å². The summed E-state index contributed by atoms with van der Waals surface area (Å²) in [5.41, 5.74) is 1.43. The summed E-state index contributed by atoms with van der Waals surface area (Å²) in [4.78, 5) is 29.5. The fourth-order valence-corrected chi connectivity index (χ4v) is 6.04. The summed E-state index contributed by atoms with van der Waals surface area (Å²) >= 11 is 4.56. The Morgan fingerprint density at radius 2 is 1.60 bits per heavy atom. The Balaban J connectivity index is 1.75. The molecule has 0 saturated carbocycles. The van der Waals surface area contributed by atoms with Crippen LogP contribution < -0.4 is 4.90 Å². The van der Waals surface area contributed by atoms with E-state index in [4.69, 9.17) is 0 Å². The molecule has 0 radical (unpaired) electrons. The molecule has 3 heterocycles. The molecule has 0 N–H and O–H groups in total. The Morgan fingerprint density at radius 3 is 2.12 bits per heavy atom. The first-order valence-corrected chi connectivity index (χ1v) is 10.8. The average molecular weight is 388 g/mol. The van der Waals surface area contributed by atoms with Crippen LogP contribution in [0.15, 0.2) is 62.7 Å². The van der Waals surface area contributed by atoms with Crippen LogP contribution in [-0.4, -0.2) is 29.1 Å². The van der Waals surface area contributed by atoms with Crippen molar-refractivity contribution in [3.8, 4) is 0 Å². The van der Waals surface area contributed by atoms with Crippen molar-refractivity contribution < 1.29 is 9.59 Å². The molecule has 0 bridgehead atoms. The van der Waals surface area contributed by atoms with Crippen LogP contribution in [0.5, 0.6) is 0 Å². The summed E-state index contributed by atoms with van der Waals surface area (Å²) < 4.78 is 0. The van der Waals surface area contributed by atoms with Gasteiger partial charge in [-0.2, -0.15) is 0 Å². The molecule has 0 aliphatic carbocycles. The summed E-state index contributed by atoms with van der Waals surface area (Å²) in [6, 6.07) is 8.03. The lowest BCUT2D eigenvalue weighted by atomic mass is 9.99. The van der Waals surface area contributed by atoms with Crippen molar-refractivity contribution in [2.75, 3.05) is 11.9 Å². The molecule has 4 rings (SSSR count). The lowest BCUT2D eigenvalue weighted by molar-refractivity contribution is -0.120. The molecule has 25 heavy (non-hydrogen) atoms. The van der Waals surface area contributed by atoms with Gasteiger partial charge < -0.3 is 4.90 Å². The molecule has 2 unspecified atom stereocenters. The summed E-state index contributed by atoms with van der Waals surface area (Å²) in [6.45, 7) is 0. The van der Waals surface area contributed by atoms with Crippen LogP contribution in [0, 0.1) is 0 Å². The molecule has 3 aliphatic heterocycles. The van der Waals surface area contributed by atoms with Gasteiger partial charge >= 0.3 is 0 Å². The fourth-order valence-electron chi connectivity index (χ4n) is 3.08. The quantitative estimate of drug-likeness (QED) is 0.426. The van der Waals surface area contributed by atoms with Crippen LogP contribution in [0.4, 0.5) is 5.69 Å². The van der Waals surface area contributed by atoms with E-state index >= 15 is 0 Å². The van der Waals surface area contributed by atoms with Crippen molar-refractivity contribution in [1.29, 1.82) is 0 Å². The van der Waals surface area contributed by atoms with Crippen LogP contribution in [-0.2, 0) is 9.59 Å². The van der Waals surface area contributed by atoms with Crippen molar-refractivity contribution in [1.82, 2.24) is 0 Å². The van der Waals surface area contributed by atoms with Crippen LogP contribution in [0.3, 0.4) is 0 Å². The highest BCUT2D eigenvalue weighted by molar-refractivity contribution is 8.04. The first kappa shape index (κ1) is 17.1. The zero-order valence-electron chi connectivity index (χ0n) is 13.7. The van der Waals surface area contributed by atoms with E-state index in [0.717, 1.165) is 15.6 Å². The number of hydrogen-bond donors (Lipinski definition) is 0. The van der Waals surface area contributed by atoms with E-state index in [1.54, 1.807) is 0 Å². The normalized spacial score (nSPS) is 24.0. The highest BCUT2D eigenvalue weighted by atomic mass is 32.2. The SMILES string of the molecule is CN1C(=C(C(=O)C2CC=CS2)C(=O)C2CC=CS2)Sc2ccccc21. The number of allylic oxidation sites excluding steroid dienone is 3. The third-order valence-electron chi connectivity index (χ3n) is 4.41. The Bertz CT molecular complexity index is 776.